The van der Waals surface area contributed by atoms with Gasteiger partial charge in [0.25, 0.3) is 0 Å². The third-order valence-corrected chi connectivity index (χ3v) is 3.83. The molecule has 0 saturated carbocycles. The summed E-state index contributed by atoms with van der Waals surface area (Å²) in [5.74, 6) is 0.608. The molecular weight excluding hydrogens is 224 g/mol. The lowest BCUT2D eigenvalue weighted by atomic mass is 10.2. The molecule has 1 atom stereocenters. The molecule has 4 heteroatoms. The molecule has 0 aliphatic carbocycles. The first kappa shape index (κ1) is 12.6. The van der Waals surface area contributed by atoms with Gasteiger partial charge >= 0.3 is 0 Å². The summed E-state index contributed by atoms with van der Waals surface area (Å²) < 4.78 is 5.42. The van der Waals surface area contributed by atoms with Crippen molar-refractivity contribution in [2.45, 2.75) is 25.3 Å². The van der Waals surface area contributed by atoms with E-state index in [2.05, 4.69) is 9.80 Å². The molecule has 0 aromatic carbocycles. The average Bonchev–Trinajstić information content (AvgIpc) is 2.94. The Labute approximate surface area is 104 Å². The van der Waals surface area contributed by atoms with E-state index in [0.29, 0.717) is 12.5 Å². The molecule has 0 aromatic rings. The molecule has 2 fully saturated rings. The van der Waals surface area contributed by atoms with Crippen LogP contribution in [-0.4, -0.2) is 67.7 Å². The SMILES string of the molecule is ClCCOCCN1CCC(N2CCCC2)C1. The minimum Gasteiger partial charge on any atom is -0.379 e. The number of nitrogens with zero attached hydrogens (tertiary/aromatic N) is 2. The van der Waals surface area contributed by atoms with Crippen LogP contribution in [-0.2, 0) is 4.74 Å². The standard InChI is InChI=1S/C12H23ClN2O/c13-4-9-16-10-8-14-7-3-12(11-14)15-5-1-2-6-15/h12H,1-11H2. The van der Waals surface area contributed by atoms with E-state index in [9.17, 15) is 0 Å². The summed E-state index contributed by atoms with van der Waals surface area (Å²) in [5, 5.41) is 0. The molecule has 2 saturated heterocycles. The lowest BCUT2D eigenvalue weighted by Gasteiger charge is -2.23. The van der Waals surface area contributed by atoms with Crippen LogP contribution in [0.5, 0.6) is 0 Å². The number of likely N-dealkylation sites (tertiary alicyclic amines) is 2. The quantitative estimate of drug-likeness (QED) is 0.521. The van der Waals surface area contributed by atoms with E-state index >= 15 is 0 Å². The molecule has 2 aliphatic heterocycles. The van der Waals surface area contributed by atoms with Crippen LogP contribution in [0.1, 0.15) is 19.3 Å². The Hall–Kier alpha value is 0.170. The molecule has 1 unspecified atom stereocenters. The Morgan fingerprint density at radius 2 is 1.94 bits per heavy atom. The van der Waals surface area contributed by atoms with Crippen molar-refractivity contribution >= 4 is 11.6 Å². The number of hydrogen-bond acceptors (Lipinski definition) is 3. The minimum absolute atomic E-state index is 0.608. The van der Waals surface area contributed by atoms with Crippen molar-refractivity contribution in [3.8, 4) is 0 Å². The summed E-state index contributed by atoms with van der Waals surface area (Å²) in [6.45, 7) is 7.71. The van der Waals surface area contributed by atoms with Crippen LogP contribution in [0.15, 0.2) is 0 Å². The van der Waals surface area contributed by atoms with Gasteiger partial charge in [-0.1, -0.05) is 0 Å². The van der Waals surface area contributed by atoms with Gasteiger partial charge in [0, 0.05) is 25.0 Å². The van der Waals surface area contributed by atoms with Gasteiger partial charge < -0.3 is 4.74 Å². The maximum atomic E-state index is 5.56. The van der Waals surface area contributed by atoms with E-state index < -0.39 is 0 Å². The second kappa shape index (κ2) is 6.80. The highest BCUT2D eigenvalue weighted by molar-refractivity contribution is 6.17. The van der Waals surface area contributed by atoms with Crippen molar-refractivity contribution in [3.63, 3.8) is 0 Å². The fourth-order valence-corrected chi connectivity index (χ4v) is 2.88. The molecule has 0 amide bonds. The van der Waals surface area contributed by atoms with Crippen molar-refractivity contribution in [2.24, 2.45) is 0 Å². The molecule has 2 rings (SSSR count). The second-order valence-electron chi connectivity index (χ2n) is 4.79. The fourth-order valence-electron chi connectivity index (χ4n) is 2.77. The van der Waals surface area contributed by atoms with E-state index in [1.165, 1.54) is 45.4 Å². The first-order chi connectivity index (χ1) is 7.90. The van der Waals surface area contributed by atoms with Crippen molar-refractivity contribution in [3.05, 3.63) is 0 Å². The highest BCUT2D eigenvalue weighted by atomic mass is 35.5. The normalized spacial score (nSPS) is 27.9. The maximum Gasteiger partial charge on any atom is 0.0602 e. The van der Waals surface area contributed by atoms with Crippen molar-refractivity contribution < 1.29 is 4.74 Å². The summed E-state index contributed by atoms with van der Waals surface area (Å²) in [6.07, 6.45) is 4.14. The molecular formula is C12H23ClN2O. The first-order valence-corrected chi connectivity index (χ1v) is 7.03. The summed E-state index contributed by atoms with van der Waals surface area (Å²) in [4.78, 5) is 5.19. The Morgan fingerprint density at radius 3 is 2.69 bits per heavy atom. The summed E-state index contributed by atoms with van der Waals surface area (Å²) in [5.41, 5.74) is 0. The summed E-state index contributed by atoms with van der Waals surface area (Å²) >= 11 is 5.56. The summed E-state index contributed by atoms with van der Waals surface area (Å²) in [6, 6.07) is 0.815. The van der Waals surface area contributed by atoms with Crippen LogP contribution in [0.25, 0.3) is 0 Å². The topological polar surface area (TPSA) is 15.7 Å². The van der Waals surface area contributed by atoms with Crippen molar-refractivity contribution in [1.82, 2.24) is 9.80 Å². The van der Waals surface area contributed by atoms with E-state index in [1.54, 1.807) is 0 Å². The fraction of sp³-hybridized carbons (Fsp3) is 1.00. The lowest BCUT2D eigenvalue weighted by Crippen LogP contribution is -2.36. The number of rotatable bonds is 6. The van der Waals surface area contributed by atoms with Gasteiger partial charge in [-0.05, 0) is 38.9 Å². The van der Waals surface area contributed by atoms with Gasteiger partial charge in [0.05, 0.1) is 13.2 Å². The van der Waals surface area contributed by atoms with Gasteiger partial charge in [-0.2, -0.15) is 0 Å². The average molecular weight is 247 g/mol. The van der Waals surface area contributed by atoms with Crippen molar-refractivity contribution in [2.75, 3.05) is 51.8 Å². The maximum absolute atomic E-state index is 5.56. The minimum atomic E-state index is 0.608. The Kier molecular flexibility index (Phi) is 5.36. The third kappa shape index (κ3) is 3.59. The van der Waals surface area contributed by atoms with E-state index in [4.69, 9.17) is 16.3 Å². The van der Waals surface area contributed by atoms with Gasteiger partial charge in [-0.3, -0.25) is 9.80 Å². The van der Waals surface area contributed by atoms with Crippen LogP contribution in [0.3, 0.4) is 0 Å². The van der Waals surface area contributed by atoms with E-state index in [-0.39, 0.29) is 0 Å². The Balaban J connectivity index is 1.59. The first-order valence-electron chi connectivity index (χ1n) is 6.50. The van der Waals surface area contributed by atoms with Crippen molar-refractivity contribution in [1.29, 1.82) is 0 Å². The molecule has 94 valence electrons. The zero-order valence-electron chi connectivity index (χ0n) is 10.0. The number of alkyl halides is 1. The predicted molar refractivity (Wildman–Crippen MR) is 67.2 cm³/mol. The third-order valence-electron chi connectivity index (χ3n) is 3.68. The van der Waals surface area contributed by atoms with Gasteiger partial charge in [0.15, 0.2) is 0 Å². The monoisotopic (exact) mass is 246 g/mol. The Bertz CT molecular complexity index is 197. The number of halogens is 1. The molecule has 2 heterocycles. The molecule has 16 heavy (non-hydrogen) atoms. The summed E-state index contributed by atoms with van der Waals surface area (Å²) in [7, 11) is 0. The lowest BCUT2D eigenvalue weighted by molar-refractivity contribution is 0.119. The molecule has 0 bridgehead atoms. The molecule has 3 nitrogen and oxygen atoms in total. The molecule has 2 aliphatic rings. The predicted octanol–water partition coefficient (Wildman–Crippen LogP) is 1.41. The highest BCUT2D eigenvalue weighted by Gasteiger charge is 2.28. The molecule has 0 spiro atoms. The van der Waals surface area contributed by atoms with E-state index in [0.717, 1.165) is 19.2 Å². The van der Waals surface area contributed by atoms with Gasteiger partial charge in [-0.15, -0.1) is 11.6 Å². The van der Waals surface area contributed by atoms with Crippen LogP contribution in [0.4, 0.5) is 0 Å². The largest absolute Gasteiger partial charge is 0.379 e. The molecule has 0 radical (unpaired) electrons. The van der Waals surface area contributed by atoms with Crippen LogP contribution >= 0.6 is 11.6 Å². The van der Waals surface area contributed by atoms with Crippen LogP contribution in [0, 0.1) is 0 Å². The van der Waals surface area contributed by atoms with E-state index in [1.807, 2.05) is 0 Å². The zero-order valence-corrected chi connectivity index (χ0v) is 10.8. The molecule has 0 N–H and O–H groups in total. The zero-order chi connectivity index (χ0) is 11.2. The van der Waals surface area contributed by atoms with Gasteiger partial charge in [0.2, 0.25) is 0 Å². The second-order valence-corrected chi connectivity index (χ2v) is 5.17. The van der Waals surface area contributed by atoms with Crippen LogP contribution < -0.4 is 0 Å². The number of ether oxygens (including phenoxy) is 1. The number of hydrogen-bond donors (Lipinski definition) is 0. The van der Waals surface area contributed by atoms with Gasteiger partial charge in [-0.25, -0.2) is 0 Å². The molecule has 0 aromatic heterocycles. The smallest absolute Gasteiger partial charge is 0.0602 e. The van der Waals surface area contributed by atoms with Crippen LogP contribution in [0.2, 0.25) is 0 Å². The Morgan fingerprint density at radius 1 is 1.12 bits per heavy atom. The highest BCUT2D eigenvalue weighted by Crippen LogP contribution is 2.19. The van der Waals surface area contributed by atoms with Gasteiger partial charge in [0.1, 0.15) is 0 Å².